The van der Waals surface area contributed by atoms with Crippen LogP contribution in [-0.2, 0) is 0 Å². The van der Waals surface area contributed by atoms with Crippen LogP contribution in [0.3, 0.4) is 0 Å². The standard InChI is InChI=1S/C17H19NO2/c1-12-4-9-16(13(2)10-12)18-11-17(19)14-5-7-15(20-3)8-6-14/h4-10,18H,11H2,1-3H3. The largest absolute Gasteiger partial charge is 0.497 e. The Labute approximate surface area is 119 Å². The third-order valence-corrected chi connectivity index (χ3v) is 3.23. The Hall–Kier alpha value is -2.29. The van der Waals surface area contributed by atoms with Crippen LogP contribution in [0.5, 0.6) is 5.75 Å². The molecule has 2 rings (SSSR count). The molecule has 0 aliphatic heterocycles. The van der Waals surface area contributed by atoms with E-state index < -0.39 is 0 Å². The average Bonchev–Trinajstić information content (AvgIpc) is 2.46. The molecule has 0 aromatic heterocycles. The maximum absolute atomic E-state index is 12.1. The van der Waals surface area contributed by atoms with Crippen LogP contribution in [-0.4, -0.2) is 19.4 Å². The predicted octanol–water partition coefficient (Wildman–Crippen LogP) is 3.61. The van der Waals surface area contributed by atoms with Crippen molar-refractivity contribution >= 4 is 11.5 Å². The van der Waals surface area contributed by atoms with Crippen molar-refractivity contribution in [1.29, 1.82) is 0 Å². The molecule has 2 aromatic rings. The van der Waals surface area contributed by atoms with Crippen LogP contribution in [0.4, 0.5) is 5.69 Å². The van der Waals surface area contributed by atoms with Crippen molar-refractivity contribution in [3.8, 4) is 5.75 Å². The normalized spacial score (nSPS) is 10.2. The number of nitrogens with one attached hydrogen (secondary N) is 1. The molecule has 0 spiro atoms. The molecule has 0 atom stereocenters. The number of carbonyl (C=O) groups is 1. The number of hydrogen-bond acceptors (Lipinski definition) is 3. The van der Waals surface area contributed by atoms with Crippen molar-refractivity contribution in [2.24, 2.45) is 0 Å². The van der Waals surface area contributed by atoms with Gasteiger partial charge in [-0.2, -0.15) is 0 Å². The first-order valence-corrected chi connectivity index (χ1v) is 6.58. The summed E-state index contributed by atoms with van der Waals surface area (Å²) in [6.07, 6.45) is 0. The van der Waals surface area contributed by atoms with E-state index in [1.165, 1.54) is 5.56 Å². The minimum absolute atomic E-state index is 0.0626. The van der Waals surface area contributed by atoms with Gasteiger partial charge in [0.25, 0.3) is 0 Å². The minimum Gasteiger partial charge on any atom is -0.497 e. The summed E-state index contributed by atoms with van der Waals surface area (Å²) in [5, 5.41) is 3.19. The molecule has 0 fully saturated rings. The molecule has 0 heterocycles. The summed E-state index contributed by atoms with van der Waals surface area (Å²) < 4.78 is 5.08. The Morgan fingerprint density at radius 2 is 1.80 bits per heavy atom. The number of ether oxygens (including phenoxy) is 1. The highest BCUT2D eigenvalue weighted by Gasteiger charge is 2.06. The van der Waals surface area contributed by atoms with Crippen molar-refractivity contribution in [1.82, 2.24) is 0 Å². The SMILES string of the molecule is COc1ccc(C(=O)CNc2ccc(C)cc2C)cc1. The smallest absolute Gasteiger partial charge is 0.181 e. The molecule has 20 heavy (non-hydrogen) atoms. The maximum Gasteiger partial charge on any atom is 0.181 e. The first kappa shape index (κ1) is 14.1. The van der Waals surface area contributed by atoms with Gasteiger partial charge in [-0.15, -0.1) is 0 Å². The molecule has 1 N–H and O–H groups in total. The Morgan fingerprint density at radius 3 is 2.40 bits per heavy atom. The summed E-state index contributed by atoms with van der Waals surface area (Å²) in [7, 11) is 1.61. The van der Waals surface area contributed by atoms with Gasteiger partial charge in [0.2, 0.25) is 0 Å². The van der Waals surface area contributed by atoms with Gasteiger partial charge in [-0.3, -0.25) is 4.79 Å². The highest BCUT2D eigenvalue weighted by atomic mass is 16.5. The molecule has 0 aliphatic carbocycles. The molecule has 0 radical (unpaired) electrons. The number of methoxy groups -OCH3 is 1. The monoisotopic (exact) mass is 269 g/mol. The summed E-state index contributed by atoms with van der Waals surface area (Å²) in [4.78, 5) is 12.1. The first-order valence-electron chi connectivity index (χ1n) is 6.58. The number of carbonyl (C=O) groups excluding carboxylic acids is 1. The van der Waals surface area contributed by atoms with Gasteiger partial charge in [0.05, 0.1) is 13.7 Å². The van der Waals surface area contributed by atoms with Gasteiger partial charge in [0.1, 0.15) is 5.75 Å². The lowest BCUT2D eigenvalue weighted by atomic mass is 10.1. The molecule has 3 heteroatoms. The number of ketones is 1. The van der Waals surface area contributed by atoms with Gasteiger partial charge >= 0.3 is 0 Å². The van der Waals surface area contributed by atoms with E-state index in [4.69, 9.17) is 4.74 Å². The van der Waals surface area contributed by atoms with E-state index in [0.29, 0.717) is 5.56 Å². The van der Waals surface area contributed by atoms with Crippen molar-refractivity contribution in [2.45, 2.75) is 13.8 Å². The van der Waals surface area contributed by atoms with Crippen molar-refractivity contribution in [3.05, 3.63) is 59.2 Å². The van der Waals surface area contributed by atoms with Crippen molar-refractivity contribution < 1.29 is 9.53 Å². The summed E-state index contributed by atoms with van der Waals surface area (Å²) in [6, 6.07) is 13.3. The number of aryl methyl sites for hydroxylation is 2. The van der Waals surface area contributed by atoms with Crippen LogP contribution in [0.25, 0.3) is 0 Å². The van der Waals surface area contributed by atoms with E-state index in [1.54, 1.807) is 31.4 Å². The summed E-state index contributed by atoms with van der Waals surface area (Å²) in [6.45, 7) is 4.38. The van der Waals surface area contributed by atoms with Gasteiger partial charge in [-0.25, -0.2) is 0 Å². The zero-order valence-electron chi connectivity index (χ0n) is 12.1. The number of Topliss-reactive ketones (excluding diaryl/α,β-unsaturated/α-hetero) is 1. The van der Waals surface area contributed by atoms with Crippen molar-refractivity contribution in [2.75, 3.05) is 19.0 Å². The third kappa shape index (κ3) is 3.38. The van der Waals surface area contributed by atoms with E-state index in [-0.39, 0.29) is 12.3 Å². The fourth-order valence-corrected chi connectivity index (χ4v) is 2.07. The van der Waals surface area contributed by atoms with Gasteiger partial charge in [0.15, 0.2) is 5.78 Å². The fraction of sp³-hybridized carbons (Fsp3) is 0.235. The lowest BCUT2D eigenvalue weighted by Gasteiger charge is -2.10. The number of benzene rings is 2. The highest BCUT2D eigenvalue weighted by Crippen LogP contribution is 2.16. The predicted molar refractivity (Wildman–Crippen MR) is 81.7 cm³/mol. The van der Waals surface area contributed by atoms with Crippen molar-refractivity contribution in [3.63, 3.8) is 0 Å². The Balaban J connectivity index is 2.00. The van der Waals surface area contributed by atoms with E-state index in [2.05, 4.69) is 18.3 Å². The van der Waals surface area contributed by atoms with Crippen LogP contribution in [0.15, 0.2) is 42.5 Å². The van der Waals surface area contributed by atoms with Crippen LogP contribution >= 0.6 is 0 Å². The van der Waals surface area contributed by atoms with E-state index in [0.717, 1.165) is 17.0 Å². The third-order valence-electron chi connectivity index (χ3n) is 3.23. The molecule has 0 saturated heterocycles. The van der Waals surface area contributed by atoms with E-state index in [9.17, 15) is 4.79 Å². The molecular formula is C17H19NO2. The van der Waals surface area contributed by atoms with Crippen LogP contribution in [0, 0.1) is 13.8 Å². The Morgan fingerprint density at radius 1 is 1.10 bits per heavy atom. The maximum atomic E-state index is 12.1. The van der Waals surface area contributed by atoms with E-state index >= 15 is 0 Å². The van der Waals surface area contributed by atoms with Crippen LogP contribution < -0.4 is 10.1 Å². The molecule has 0 saturated carbocycles. The number of hydrogen-bond donors (Lipinski definition) is 1. The number of rotatable bonds is 5. The van der Waals surface area contributed by atoms with Gasteiger partial charge in [-0.1, -0.05) is 17.7 Å². The van der Waals surface area contributed by atoms with Crippen LogP contribution in [0.2, 0.25) is 0 Å². The Bertz CT molecular complexity index is 603. The quantitative estimate of drug-likeness (QED) is 0.843. The average molecular weight is 269 g/mol. The topological polar surface area (TPSA) is 38.3 Å². The molecule has 2 aromatic carbocycles. The minimum atomic E-state index is 0.0626. The zero-order chi connectivity index (χ0) is 14.5. The highest BCUT2D eigenvalue weighted by molar-refractivity contribution is 5.99. The second-order valence-corrected chi connectivity index (χ2v) is 4.82. The van der Waals surface area contributed by atoms with Gasteiger partial charge in [-0.05, 0) is 49.7 Å². The molecule has 0 amide bonds. The number of anilines is 1. The molecule has 0 bridgehead atoms. The fourth-order valence-electron chi connectivity index (χ4n) is 2.07. The lowest BCUT2D eigenvalue weighted by Crippen LogP contribution is -2.14. The molecule has 0 unspecified atom stereocenters. The molecule has 0 aliphatic rings. The Kier molecular flexibility index (Phi) is 4.41. The first-order chi connectivity index (χ1) is 9.60. The lowest BCUT2D eigenvalue weighted by molar-refractivity contribution is 0.101. The van der Waals surface area contributed by atoms with Crippen LogP contribution in [0.1, 0.15) is 21.5 Å². The zero-order valence-corrected chi connectivity index (χ0v) is 12.1. The second-order valence-electron chi connectivity index (χ2n) is 4.82. The molecule has 104 valence electrons. The summed E-state index contributed by atoms with van der Waals surface area (Å²) in [5.41, 5.74) is 4.04. The molecule has 3 nitrogen and oxygen atoms in total. The summed E-state index contributed by atoms with van der Waals surface area (Å²) >= 11 is 0. The van der Waals surface area contributed by atoms with Gasteiger partial charge < -0.3 is 10.1 Å². The van der Waals surface area contributed by atoms with E-state index in [1.807, 2.05) is 19.1 Å². The molecular weight excluding hydrogens is 250 g/mol. The van der Waals surface area contributed by atoms with Gasteiger partial charge in [0, 0.05) is 11.3 Å². The second kappa shape index (κ2) is 6.24. The summed E-state index contributed by atoms with van der Waals surface area (Å²) in [5.74, 6) is 0.816.